The fraction of sp³-hybridized carbons (Fsp3) is 0.194. The van der Waals surface area contributed by atoms with E-state index in [1.807, 2.05) is 12.1 Å². The number of aromatic hydroxyl groups is 1. The standard InChI is InChI=1S/C31H30O3/c1-21-16-23(19-26-14-9-15-28(30(26)32)31(33)34)20-27(17-21)29(25-12-7-4-8-13-25)18-22(2)24-10-5-3-6-11-24/h3-17,20,22,29,32H,18-19H2,1-2H3,(H,33,34). The quantitative estimate of drug-likeness (QED) is 0.296. The fourth-order valence-electron chi connectivity index (χ4n) is 4.75. The maximum atomic E-state index is 11.4. The number of rotatable bonds is 8. The first-order valence-electron chi connectivity index (χ1n) is 11.7. The molecule has 3 nitrogen and oxygen atoms in total. The second kappa shape index (κ2) is 10.4. The zero-order chi connectivity index (χ0) is 24.1. The SMILES string of the molecule is Cc1cc(Cc2cccc(C(=O)O)c2O)cc(C(CC(C)c2ccccc2)c2ccccc2)c1. The van der Waals surface area contributed by atoms with E-state index >= 15 is 0 Å². The summed E-state index contributed by atoms with van der Waals surface area (Å²) >= 11 is 0. The van der Waals surface area contributed by atoms with E-state index in [0.717, 1.165) is 17.5 Å². The van der Waals surface area contributed by atoms with Crippen molar-refractivity contribution in [1.82, 2.24) is 0 Å². The second-order valence-corrected chi connectivity index (χ2v) is 9.06. The molecule has 0 heterocycles. The maximum absolute atomic E-state index is 11.4. The van der Waals surface area contributed by atoms with Crippen molar-refractivity contribution in [3.63, 3.8) is 0 Å². The van der Waals surface area contributed by atoms with E-state index in [9.17, 15) is 15.0 Å². The van der Waals surface area contributed by atoms with Crippen LogP contribution in [0.1, 0.15) is 68.9 Å². The Morgan fingerprint density at radius 1 is 0.794 bits per heavy atom. The van der Waals surface area contributed by atoms with Crippen molar-refractivity contribution in [3.8, 4) is 5.75 Å². The first kappa shape index (κ1) is 23.3. The average molecular weight is 451 g/mol. The van der Waals surface area contributed by atoms with Crippen LogP contribution in [0.4, 0.5) is 0 Å². The normalized spacial score (nSPS) is 12.8. The van der Waals surface area contributed by atoms with E-state index in [-0.39, 0.29) is 17.2 Å². The number of aromatic carboxylic acids is 1. The molecule has 0 spiro atoms. The zero-order valence-corrected chi connectivity index (χ0v) is 19.6. The van der Waals surface area contributed by atoms with Gasteiger partial charge in [0.05, 0.1) is 0 Å². The van der Waals surface area contributed by atoms with E-state index < -0.39 is 5.97 Å². The molecule has 34 heavy (non-hydrogen) atoms. The van der Waals surface area contributed by atoms with E-state index in [1.54, 1.807) is 12.1 Å². The molecule has 3 heteroatoms. The molecule has 2 N–H and O–H groups in total. The van der Waals surface area contributed by atoms with Crippen LogP contribution in [-0.2, 0) is 6.42 Å². The van der Waals surface area contributed by atoms with E-state index in [4.69, 9.17) is 0 Å². The van der Waals surface area contributed by atoms with Crippen molar-refractivity contribution in [3.05, 3.63) is 136 Å². The monoisotopic (exact) mass is 450 g/mol. The Hall–Kier alpha value is -3.85. The summed E-state index contributed by atoms with van der Waals surface area (Å²) in [5, 5.41) is 19.9. The van der Waals surface area contributed by atoms with E-state index in [1.165, 1.54) is 22.8 Å². The number of para-hydroxylation sites is 1. The molecule has 4 aromatic rings. The number of phenols is 1. The highest BCUT2D eigenvalue weighted by atomic mass is 16.4. The van der Waals surface area contributed by atoms with Crippen LogP contribution in [-0.4, -0.2) is 16.2 Å². The summed E-state index contributed by atoms with van der Waals surface area (Å²) in [5.74, 6) is -0.681. The van der Waals surface area contributed by atoms with Gasteiger partial charge in [-0.25, -0.2) is 4.79 Å². The van der Waals surface area contributed by atoms with Gasteiger partial charge in [-0.3, -0.25) is 0 Å². The minimum Gasteiger partial charge on any atom is -0.507 e. The van der Waals surface area contributed by atoms with Crippen molar-refractivity contribution >= 4 is 5.97 Å². The van der Waals surface area contributed by atoms with Crippen molar-refractivity contribution in [1.29, 1.82) is 0 Å². The summed E-state index contributed by atoms with van der Waals surface area (Å²) < 4.78 is 0. The molecular weight excluding hydrogens is 420 g/mol. The molecule has 0 bridgehead atoms. The van der Waals surface area contributed by atoms with Crippen LogP contribution in [0.2, 0.25) is 0 Å². The maximum Gasteiger partial charge on any atom is 0.339 e. The molecule has 0 radical (unpaired) electrons. The molecule has 0 aliphatic heterocycles. The molecule has 2 atom stereocenters. The Kier molecular flexibility index (Phi) is 7.12. The average Bonchev–Trinajstić information content (AvgIpc) is 2.84. The minimum absolute atomic E-state index is 0.0655. The Balaban J connectivity index is 1.70. The van der Waals surface area contributed by atoms with Crippen LogP contribution in [0.15, 0.2) is 97.1 Å². The summed E-state index contributed by atoms with van der Waals surface area (Å²) in [7, 11) is 0. The Bertz CT molecular complexity index is 1260. The van der Waals surface area contributed by atoms with Gasteiger partial charge in [0.2, 0.25) is 0 Å². The molecule has 0 fully saturated rings. The third kappa shape index (κ3) is 5.37. The molecule has 2 unspecified atom stereocenters. The molecule has 0 amide bonds. The molecule has 0 saturated heterocycles. The number of benzene rings is 4. The Labute approximate surface area is 201 Å². The summed E-state index contributed by atoms with van der Waals surface area (Å²) in [6.07, 6.45) is 1.44. The molecule has 172 valence electrons. The van der Waals surface area contributed by atoms with Gasteiger partial charge in [0, 0.05) is 12.3 Å². The molecule has 0 aromatic heterocycles. The highest BCUT2D eigenvalue weighted by molar-refractivity contribution is 5.91. The number of hydrogen-bond acceptors (Lipinski definition) is 2. The van der Waals surface area contributed by atoms with Gasteiger partial charge < -0.3 is 10.2 Å². The first-order valence-corrected chi connectivity index (χ1v) is 11.7. The van der Waals surface area contributed by atoms with Gasteiger partial charge in [0.1, 0.15) is 11.3 Å². The lowest BCUT2D eigenvalue weighted by Gasteiger charge is -2.24. The molecule has 0 aliphatic carbocycles. The Morgan fingerprint density at radius 2 is 1.44 bits per heavy atom. The number of carboxylic acid groups (broad SMARTS) is 1. The Morgan fingerprint density at radius 3 is 2.09 bits per heavy atom. The molecular formula is C31H30O3. The van der Waals surface area contributed by atoms with Gasteiger partial charge in [-0.1, -0.05) is 103 Å². The van der Waals surface area contributed by atoms with Crippen LogP contribution < -0.4 is 0 Å². The lowest BCUT2D eigenvalue weighted by molar-refractivity contribution is 0.0693. The van der Waals surface area contributed by atoms with Crippen molar-refractivity contribution < 1.29 is 15.0 Å². The number of aryl methyl sites for hydroxylation is 1. The largest absolute Gasteiger partial charge is 0.507 e. The second-order valence-electron chi connectivity index (χ2n) is 9.06. The minimum atomic E-state index is -1.12. The molecule has 0 saturated carbocycles. The zero-order valence-electron chi connectivity index (χ0n) is 19.6. The first-order chi connectivity index (χ1) is 16.4. The lowest BCUT2D eigenvalue weighted by atomic mass is 9.80. The van der Waals surface area contributed by atoms with Crippen molar-refractivity contribution in [2.75, 3.05) is 0 Å². The summed E-state index contributed by atoms with van der Waals surface area (Å²) in [4.78, 5) is 11.4. The van der Waals surface area contributed by atoms with Gasteiger partial charge in [0.15, 0.2) is 0 Å². The summed E-state index contributed by atoms with van der Waals surface area (Å²) in [6, 6.07) is 32.6. The van der Waals surface area contributed by atoms with Gasteiger partial charge >= 0.3 is 5.97 Å². The van der Waals surface area contributed by atoms with Crippen LogP contribution in [0, 0.1) is 6.92 Å². The van der Waals surface area contributed by atoms with E-state index in [0.29, 0.717) is 17.9 Å². The van der Waals surface area contributed by atoms with Crippen LogP contribution in [0.25, 0.3) is 0 Å². The number of carbonyl (C=O) groups is 1. The van der Waals surface area contributed by atoms with Gasteiger partial charge in [-0.05, 0) is 53.1 Å². The molecule has 0 aliphatic rings. The summed E-state index contributed by atoms with van der Waals surface area (Å²) in [5.41, 5.74) is 6.59. The molecule has 4 rings (SSSR count). The summed E-state index contributed by atoms with van der Waals surface area (Å²) in [6.45, 7) is 4.36. The topological polar surface area (TPSA) is 57.5 Å². The van der Waals surface area contributed by atoms with Crippen LogP contribution in [0.5, 0.6) is 5.75 Å². The van der Waals surface area contributed by atoms with Gasteiger partial charge in [-0.2, -0.15) is 0 Å². The smallest absolute Gasteiger partial charge is 0.339 e. The van der Waals surface area contributed by atoms with Gasteiger partial charge in [0.25, 0.3) is 0 Å². The predicted octanol–water partition coefficient (Wildman–Crippen LogP) is 7.32. The number of hydrogen-bond donors (Lipinski definition) is 2. The third-order valence-electron chi connectivity index (χ3n) is 6.47. The van der Waals surface area contributed by atoms with Crippen molar-refractivity contribution in [2.24, 2.45) is 0 Å². The highest BCUT2D eigenvalue weighted by Crippen LogP contribution is 2.36. The highest BCUT2D eigenvalue weighted by Gasteiger charge is 2.20. The fourth-order valence-corrected chi connectivity index (χ4v) is 4.75. The predicted molar refractivity (Wildman–Crippen MR) is 137 cm³/mol. The lowest BCUT2D eigenvalue weighted by Crippen LogP contribution is -2.07. The van der Waals surface area contributed by atoms with E-state index in [2.05, 4.69) is 80.6 Å². The third-order valence-corrected chi connectivity index (χ3v) is 6.47. The number of carboxylic acids is 1. The van der Waals surface area contributed by atoms with Crippen molar-refractivity contribution in [2.45, 2.75) is 38.5 Å². The molecule has 4 aromatic carbocycles. The van der Waals surface area contributed by atoms with Gasteiger partial charge in [-0.15, -0.1) is 0 Å². The van der Waals surface area contributed by atoms with Crippen LogP contribution in [0.3, 0.4) is 0 Å². The van der Waals surface area contributed by atoms with Crippen LogP contribution >= 0.6 is 0 Å².